The lowest BCUT2D eigenvalue weighted by atomic mass is 10.2. The average molecular weight is 231 g/mol. The van der Waals surface area contributed by atoms with Gasteiger partial charge >= 0.3 is 0 Å². The van der Waals surface area contributed by atoms with Gasteiger partial charge in [0.05, 0.1) is 6.21 Å². The molecule has 1 aliphatic heterocycles. The number of carbonyl (C=O) groups excluding carboxylic acids is 1. The minimum absolute atomic E-state index is 0.0427. The summed E-state index contributed by atoms with van der Waals surface area (Å²) in [5.41, 5.74) is 0.447. The lowest BCUT2D eigenvalue weighted by Crippen LogP contribution is -2.33. The number of benzene rings is 1. The van der Waals surface area contributed by atoms with Crippen LogP contribution < -0.4 is 10.6 Å². The molecule has 4 nitrogen and oxygen atoms in total. The van der Waals surface area contributed by atoms with Gasteiger partial charge in [0.1, 0.15) is 11.6 Å². The lowest BCUT2D eigenvalue weighted by Gasteiger charge is -2.15. The average Bonchev–Trinajstić information content (AvgIpc) is 2.35. The van der Waals surface area contributed by atoms with Crippen LogP contribution in [-0.4, -0.2) is 12.1 Å². The van der Waals surface area contributed by atoms with Gasteiger partial charge in [0.2, 0.25) is 0 Å². The fourth-order valence-electron chi connectivity index (χ4n) is 1.30. The van der Waals surface area contributed by atoms with Crippen molar-refractivity contribution in [2.45, 2.75) is 0 Å². The zero-order chi connectivity index (χ0) is 12.3. The van der Waals surface area contributed by atoms with Gasteiger partial charge in [-0.15, -0.1) is 0 Å². The molecule has 0 unspecified atom stereocenters. The van der Waals surface area contributed by atoms with Crippen molar-refractivity contribution in [2.75, 3.05) is 0 Å². The zero-order valence-corrected chi connectivity index (χ0v) is 8.90. The van der Waals surface area contributed by atoms with Crippen LogP contribution in [-0.2, 0) is 0 Å². The molecule has 0 saturated carbocycles. The third-order valence-corrected chi connectivity index (χ3v) is 2.12. The molecule has 0 aliphatic carbocycles. The maximum atomic E-state index is 13.3. The maximum absolute atomic E-state index is 13.3. The summed E-state index contributed by atoms with van der Waals surface area (Å²) in [5, 5.41) is 4.96. The van der Waals surface area contributed by atoms with Gasteiger partial charge in [0, 0.05) is 5.56 Å². The molecular weight excluding hydrogens is 221 g/mol. The Morgan fingerprint density at radius 2 is 2.06 bits per heavy atom. The summed E-state index contributed by atoms with van der Waals surface area (Å²) in [7, 11) is 0. The first-order chi connectivity index (χ1) is 8.16. The molecule has 0 spiro atoms. The van der Waals surface area contributed by atoms with Crippen molar-refractivity contribution in [3.8, 4) is 0 Å². The van der Waals surface area contributed by atoms with E-state index in [1.54, 1.807) is 30.3 Å². The van der Waals surface area contributed by atoms with E-state index in [0.717, 1.165) is 6.21 Å². The molecule has 1 aliphatic rings. The Kier molecular flexibility index (Phi) is 3.00. The number of nitrogens with one attached hydrogen (secondary N) is 2. The first-order valence-electron chi connectivity index (χ1n) is 4.93. The second-order valence-electron chi connectivity index (χ2n) is 3.37. The number of hydrogen-bond donors (Lipinski definition) is 2. The summed E-state index contributed by atoms with van der Waals surface area (Å²) in [6.45, 7) is 3.52. The zero-order valence-electron chi connectivity index (χ0n) is 8.90. The molecule has 2 N–H and O–H groups in total. The van der Waals surface area contributed by atoms with E-state index < -0.39 is 11.7 Å². The molecule has 1 aromatic rings. The fraction of sp³-hybridized carbons (Fsp3) is 0. The molecule has 1 aromatic carbocycles. The number of allylic oxidation sites excluding steroid dienone is 1. The van der Waals surface area contributed by atoms with Crippen molar-refractivity contribution in [1.29, 1.82) is 0 Å². The van der Waals surface area contributed by atoms with Crippen molar-refractivity contribution in [2.24, 2.45) is 4.99 Å². The van der Waals surface area contributed by atoms with E-state index in [-0.39, 0.29) is 11.6 Å². The van der Waals surface area contributed by atoms with Gasteiger partial charge in [0.25, 0.3) is 5.91 Å². The molecule has 5 heteroatoms. The molecule has 1 amide bonds. The Labute approximate surface area is 97.6 Å². The molecule has 2 rings (SSSR count). The van der Waals surface area contributed by atoms with Crippen molar-refractivity contribution in [3.05, 3.63) is 59.9 Å². The maximum Gasteiger partial charge on any atom is 0.256 e. The number of halogens is 1. The highest BCUT2D eigenvalue weighted by atomic mass is 19.1. The van der Waals surface area contributed by atoms with Crippen molar-refractivity contribution >= 4 is 12.1 Å². The van der Waals surface area contributed by atoms with E-state index in [1.807, 2.05) is 0 Å². The molecule has 1 heterocycles. The van der Waals surface area contributed by atoms with Crippen LogP contribution in [0.4, 0.5) is 4.39 Å². The van der Waals surface area contributed by atoms with Gasteiger partial charge in [-0.1, -0.05) is 24.8 Å². The number of rotatable bonds is 2. The Balaban J connectivity index is 2.15. The summed E-state index contributed by atoms with van der Waals surface area (Å²) in [6.07, 6.45) is 0.999. The molecular formula is C12H10FN3O. The molecule has 0 atom stereocenters. The molecule has 86 valence electrons. The number of hydrogen-bond acceptors (Lipinski definition) is 3. The van der Waals surface area contributed by atoms with E-state index in [2.05, 4.69) is 22.2 Å². The van der Waals surface area contributed by atoms with E-state index in [4.69, 9.17) is 0 Å². The number of nitrogens with zero attached hydrogens (tertiary/aromatic N) is 1. The van der Waals surface area contributed by atoms with Gasteiger partial charge in [-0.3, -0.25) is 4.79 Å². The monoisotopic (exact) mass is 231 g/mol. The van der Waals surface area contributed by atoms with Crippen LogP contribution in [0.25, 0.3) is 0 Å². The third-order valence-electron chi connectivity index (χ3n) is 2.12. The molecule has 0 fully saturated rings. The number of amides is 1. The second kappa shape index (κ2) is 4.61. The predicted molar refractivity (Wildman–Crippen MR) is 62.8 cm³/mol. The van der Waals surface area contributed by atoms with Crippen LogP contribution in [0.15, 0.2) is 59.4 Å². The van der Waals surface area contributed by atoms with E-state index in [9.17, 15) is 9.18 Å². The normalized spacial score (nSPS) is 14.5. The molecule has 0 saturated heterocycles. The summed E-state index contributed by atoms with van der Waals surface area (Å²) < 4.78 is 13.3. The highest BCUT2D eigenvalue weighted by Gasteiger charge is 2.14. The molecule has 0 radical (unpaired) electrons. The summed E-state index contributed by atoms with van der Waals surface area (Å²) in [5.74, 6) is -0.804. The summed E-state index contributed by atoms with van der Waals surface area (Å²) >= 11 is 0. The quantitative estimate of drug-likeness (QED) is 0.814. The largest absolute Gasteiger partial charge is 0.324 e. The SMILES string of the molecule is C=C1N=CC(F)=C(NC(=O)c2ccccc2)N1. The van der Waals surface area contributed by atoms with Crippen LogP contribution in [0.1, 0.15) is 10.4 Å². The smallest absolute Gasteiger partial charge is 0.256 e. The highest BCUT2D eigenvalue weighted by molar-refractivity contribution is 5.96. The number of aliphatic imine (C=N–C) groups is 1. The van der Waals surface area contributed by atoms with E-state index >= 15 is 0 Å². The van der Waals surface area contributed by atoms with Crippen molar-refractivity contribution in [3.63, 3.8) is 0 Å². The number of carbonyl (C=O) groups is 1. The van der Waals surface area contributed by atoms with Gasteiger partial charge < -0.3 is 10.6 Å². The topological polar surface area (TPSA) is 53.5 Å². The van der Waals surface area contributed by atoms with Crippen molar-refractivity contribution in [1.82, 2.24) is 10.6 Å². The highest BCUT2D eigenvalue weighted by Crippen LogP contribution is 2.08. The van der Waals surface area contributed by atoms with E-state index in [1.165, 1.54) is 0 Å². The minimum atomic E-state index is -0.637. The summed E-state index contributed by atoms with van der Waals surface area (Å²) in [4.78, 5) is 15.4. The Bertz CT molecular complexity index is 520. The van der Waals surface area contributed by atoms with Crippen LogP contribution in [0.5, 0.6) is 0 Å². The van der Waals surface area contributed by atoms with Crippen LogP contribution in [0, 0.1) is 0 Å². The van der Waals surface area contributed by atoms with E-state index in [0.29, 0.717) is 5.56 Å². The molecule has 0 bridgehead atoms. The van der Waals surface area contributed by atoms with Crippen LogP contribution in [0.2, 0.25) is 0 Å². The predicted octanol–water partition coefficient (Wildman–Crippen LogP) is 1.70. The van der Waals surface area contributed by atoms with Crippen molar-refractivity contribution < 1.29 is 9.18 Å². The lowest BCUT2D eigenvalue weighted by molar-refractivity contribution is 0.0962. The van der Waals surface area contributed by atoms with Gasteiger partial charge in [-0.25, -0.2) is 9.38 Å². The van der Waals surface area contributed by atoms with Crippen LogP contribution in [0.3, 0.4) is 0 Å². The first kappa shape index (κ1) is 11.1. The molecule has 17 heavy (non-hydrogen) atoms. The Hall–Kier alpha value is -2.43. The molecule has 0 aromatic heterocycles. The van der Waals surface area contributed by atoms with Gasteiger partial charge in [0.15, 0.2) is 5.83 Å². The Morgan fingerprint density at radius 1 is 1.35 bits per heavy atom. The van der Waals surface area contributed by atoms with Crippen LogP contribution >= 0.6 is 0 Å². The third kappa shape index (κ3) is 2.57. The van der Waals surface area contributed by atoms with Gasteiger partial charge in [-0.05, 0) is 12.1 Å². The Morgan fingerprint density at radius 3 is 2.76 bits per heavy atom. The first-order valence-corrected chi connectivity index (χ1v) is 4.93. The second-order valence-corrected chi connectivity index (χ2v) is 3.37. The minimum Gasteiger partial charge on any atom is -0.324 e. The fourth-order valence-corrected chi connectivity index (χ4v) is 1.30. The van der Waals surface area contributed by atoms with Gasteiger partial charge in [-0.2, -0.15) is 0 Å². The summed E-state index contributed by atoms with van der Waals surface area (Å²) in [6, 6.07) is 8.53. The standard InChI is InChI=1S/C12H10FN3O/c1-8-14-7-10(13)11(15-8)16-12(17)9-5-3-2-4-6-9/h2-7,15H,1H2,(H,16,17).